The number of carbonyl (C=O) groups is 4. The summed E-state index contributed by atoms with van der Waals surface area (Å²) in [7, 11) is 0. The van der Waals surface area contributed by atoms with Crippen LogP contribution >= 0.6 is 0 Å². The molecule has 1 heterocycles. The quantitative estimate of drug-likeness (QED) is 0.486. The molecule has 1 aromatic heterocycles. The Morgan fingerprint density at radius 2 is 1.75 bits per heavy atom. The Hall–Kier alpha value is -3.23. The van der Waals surface area contributed by atoms with Crippen LogP contribution in [0.2, 0.25) is 0 Å². The SMILES string of the molecule is CC(=O)C(CC(=O)O)NC(=O)C(CC(=O)NCCn1cnc2cc(C)c(C)cc21)C(C)C. The van der Waals surface area contributed by atoms with E-state index in [0.29, 0.717) is 13.1 Å². The van der Waals surface area contributed by atoms with E-state index in [-0.39, 0.29) is 18.2 Å². The van der Waals surface area contributed by atoms with Crippen LogP contribution in [0, 0.1) is 25.7 Å². The summed E-state index contributed by atoms with van der Waals surface area (Å²) in [5, 5.41) is 14.2. The van der Waals surface area contributed by atoms with Crippen molar-refractivity contribution in [2.24, 2.45) is 11.8 Å². The molecule has 0 fully saturated rings. The summed E-state index contributed by atoms with van der Waals surface area (Å²) < 4.78 is 1.97. The number of carboxylic acid groups (broad SMARTS) is 1. The second kappa shape index (κ2) is 10.9. The van der Waals surface area contributed by atoms with Gasteiger partial charge in [-0.3, -0.25) is 19.2 Å². The molecule has 0 aliphatic rings. The maximum atomic E-state index is 12.6. The maximum Gasteiger partial charge on any atom is 0.305 e. The monoisotopic (exact) mass is 444 g/mol. The molecule has 2 amide bonds. The lowest BCUT2D eigenvalue weighted by Crippen LogP contribution is -2.46. The molecule has 174 valence electrons. The van der Waals surface area contributed by atoms with Crippen LogP contribution in [0.5, 0.6) is 0 Å². The number of carbonyl (C=O) groups excluding carboxylic acids is 3. The van der Waals surface area contributed by atoms with Gasteiger partial charge < -0.3 is 20.3 Å². The minimum atomic E-state index is -1.18. The van der Waals surface area contributed by atoms with E-state index < -0.39 is 36.0 Å². The third-order valence-electron chi connectivity index (χ3n) is 5.64. The van der Waals surface area contributed by atoms with Gasteiger partial charge >= 0.3 is 5.97 Å². The van der Waals surface area contributed by atoms with Crippen molar-refractivity contribution in [3.63, 3.8) is 0 Å². The molecule has 0 spiro atoms. The Labute approximate surface area is 187 Å². The van der Waals surface area contributed by atoms with Crippen LogP contribution in [-0.2, 0) is 25.7 Å². The number of aliphatic carboxylic acids is 1. The number of benzene rings is 1. The van der Waals surface area contributed by atoms with Crippen molar-refractivity contribution in [2.75, 3.05) is 6.54 Å². The van der Waals surface area contributed by atoms with Gasteiger partial charge in [0.2, 0.25) is 11.8 Å². The van der Waals surface area contributed by atoms with Crippen molar-refractivity contribution in [1.82, 2.24) is 20.2 Å². The molecular weight excluding hydrogens is 412 g/mol. The predicted octanol–water partition coefficient (Wildman–Crippen LogP) is 1.98. The highest BCUT2D eigenvalue weighted by Gasteiger charge is 2.29. The van der Waals surface area contributed by atoms with Crippen molar-refractivity contribution < 1.29 is 24.3 Å². The molecule has 3 N–H and O–H groups in total. The number of Topliss-reactive ketones (excluding diaryl/α,β-unsaturated/α-hetero) is 1. The molecule has 0 radical (unpaired) electrons. The van der Waals surface area contributed by atoms with Crippen LogP contribution < -0.4 is 10.6 Å². The van der Waals surface area contributed by atoms with E-state index in [1.54, 1.807) is 20.2 Å². The van der Waals surface area contributed by atoms with E-state index in [9.17, 15) is 19.2 Å². The largest absolute Gasteiger partial charge is 0.481 e. The molecule has 0 bridgehead atoms. The van der Waals surface area contributed by atoms with Crippen LogP contribution in [0.1, 0.15) is 44.7 Å². The number of rotatable bonds is 11. The summed E-state index contributed by atoms with van der Waals surface area (Å²) in [6, 6.07) is 3.00. The number of amides is 2. The first-order chi connectivity index (χ1) is 15.0. The zero-order valence-electron chi connectivity index (χ0n) is 19.3. The second-order valence-corrected chi connectivity index (χ2v) is 8.54. The van der Waals surface area contributed by atoms with Gasteiger partial charge in [0, 0.05) is 25.4 Å². The highest BCUT2D eigenvalue weighted by molar-refractivity contribution is 5.92. The fourth-order valence-electron chi connectivity index (χ4n) is 3.46. The molecule has 9 nitrogen and oxygen atoms in total. The molecule has 2 rings (SSSR count). The van der Waals surface area contributed by atoms with Gasteiger partial charge in [-0.2, -0.15) is 0 Å². The smallest absolute Gasteiger partial charge is 0.305 e. The number of imidazole rings is 1. The van der Waals surface area contributed by atoms with Crippen molar-refractivity contribution in [3.05, 3.63) is 29.6 Å². The van der Waals surface area contributed by atoms with Crippen LogP contribution in [0.15, 0.2) is 18.5 Å². The van der Waals surface area contributed by atoms with E-state index in [0.717, 1.165) is 11.0 Å². The van der Waals surface area contributed by atoms with E-state index >= 15 is 0 Å². The molecule has 0 aliphatic heterocycles. The van der Waals surface area contributed by atoms with Crippen LogP contribution in [0.25, 0.3) is 11.0 Å². The molecule has 2 atom stereocenters. The zero-order chi connectivity index (χ0) is 24.0. The average Bonchev–Trinajstić information content (AvgIpc) is 3.06. The molecule has 0 saturated heterocycles. The first-order valence-corrected chi connectivity index (χ1v) is 10.7. The predicted molar refractivity (Wildman–Crippen MR) is 120 cm³/mol. The first kappa shape index (κ1) is 25.0. The Morgan fingerprint density at radius 3 is 2.34 bits per heavy atom. The summed E-state index contributed by atoms with van der Waals surface area (Å²) in [5.74, 6) is -3.24. The molecular formula is C23H32N4O5. The molecule has 0 saturated carbocycles. The number of hydrogen-bond acceptors (Lipinski definition) is 5. The fraction of sp³-hybridized carbons (Fsp3) is 0.522. The van der Waals surface area contributed by atoms with Gasteiger partial charge in [-0.05, 0) is 49.9 Å². The average molecular weight is 445 g/mol. The third kappa shape index (κ3) is 6.63. The van der Waals surface area contributed by atoms with Gasteiger partial charge in [0.05, 0.1) is 29.8 Å². The normalized spacial score (nSPS) is 13.1. The number of carboxylic acids is 1. The molecule has 1 aromatic carbocycles. The number of ketones is 1. The summed E-state index contributed by atoms with van der Waals surface area (Å²) in [6.07, 6.45) is 1.20. The van der Waals surface area contributed by atoms with E-state index in [2.05, 4.69) is 21.7 Å². The summed E-state index contributed by atoms with van der Waals surface area (Å²) in [5.41, 5.74) is 4.23. The van der Waals surface area contributed by atoms with Gasteiger partial charge in [-0.1, -0.05) is 13.8 Å². The van der Waals surface area contributed by atoms with Crippen molar-refractivity contribution in [2.45, 2.75) is 60.0 Å². The van der Waals surface area contributed by atoms with E-state index in [1.807, 2.05) is 24.5 Å². The number of hydrogen-bond donors (Lipinski definition) is 3. The van der Waals surface area contributed by atoms with Crippen LogP contribution in [0.3, 0.4) is 0 Å². The number of aryl methyl sites for hydroxylation is 2. The van der Waals surface area contributed by atoms with Gasteiger partial charge in [-0.25, -0.2) is 4.98 Å². The molecule has 0 aliphatic carbocycles. The maximum absolute atomic E-state index is 12.6. The fourth-order valence-corrected chi connectivity index (χ4v) is 3.46. The first-order valence-electron chi connectivity index (χ1n) is 10.7. The Morgan fingerprint density at radius 1 is 1.09 bits per heavy atom. The Balaban J connectivity index is 1.94. The Bertz CT molecular complexity index is 1010. The third-order valence-corrected chi connectivity index (χ3v) is 5.64. The topological polar surface area (TPSA) is 130 Å². The molecule has 9 heteroatoms. The lowest BCUT2D eigenvalue weighted by Gasteiger charge is -2.22. The van der Waals surface area contributed by atoms with Crippen LogP contribution in [0.4, 0.5) is 0 Å². The van der Waals surface area contributed by atoms with Gasteiger partial charge in [0.1, 0.15) is 0 Å². The van der Waals surface area contributed by atoms with Gasteiger partial charge in [0.15, 0.2) is 5.78 Å². The number of nitrogens with one attached hydrogen (secondary N) is 2. The highest BCUT2D eigenvalue weighted by atomic mass is 16.4. The minimum absolute atomic E-state index is 0.0514. The lowest BCUT2D eigenvalue weighted by atomic mass is 9.90. The summed E-state index contributed by atoms with van der Waals surface area (Å²) >= 11 is 0. The molecule has 32 heavy (non-hydrogen) atoms. The number of fused-ring (bicyclic) bond motifs is 1. The second-order valence-electron chi connectivity index (χ2n) is 8.54. The highest BCUT2D eigenvalue weighted by Crippen LogP contribution is 2.19. The van der Waals surface area contributed by atoms with Gasteiger partial charge in [0.25, 0.3) is 0 Å². The van der Waals surface area contributed by atoms with Crippen molar-refractivity contribution in [3.8, 4) is 0 Å². The Kier molecular flexibility index (Phi) is 8.51. The standard InChI is InChI=1S/C23H32N4O5/c1-13(2)17(23(32)26-18(16(5)28)11-22(30)31)10-21(29)24-6-7-27-12-25-19-8-14(3)15(4)9-20(19)27/h8-9,12-13,17-18H,6-7,10-11H2,1-5H3,(H,24,29)(H,26,32)(H,30,31). The van der Waals surface area contributed by atoms with E-state index in [1.165, 1.54) is 18.1 Å². The van der Waals surface area contributed by atoms with Gasteiger partial charge in [-0.15, -0.1) is 0 Å². The van der Waals surface area contributed by atoms with Crippen molar-refractivity contribution in [1.29, 1.82) is 0 Å². The van der Waals surface area contributed by atoms with Crippen LogP contribution in [-0.4, -0.2) is 50.8 Å². The zero-order valence-corrected chi connectivity index (χ0v) is 19.3. The number of nitrogens with zero attached hydrogens (tertiary/aromatic N) is 2. The molecule has 2 aromatic rings. The summed E-state index contributed by atoms with van der Waals surface area (Å²) in [6.45, 7) is 9.83. The minimum Gasteiger partial charge on any atom is -0.481 e. The van der Waals surface area contributed by atoms with Crippen molar-refractivity contribution >= 4 is 34.6 Å². The summed E-state index contributed by atoms with van der Waals surface area (Å²) in [4.78, 5) is 52.1. The lowest BCUT2D eigenvalue weighted by molar-refractivity contribution is -0.140. The van der Waals surface area contributed by atoms with E-state index in [4.69, 9.17) is 5.11 Å². The number of aromatic nitrogens is 2. The molecule has 2 unspecified atom stereocenters.